The maximum atomic E-state index is 10.3. The maximum absolute atomic E-state index is 10.3. The summed E-state index contributed by atoms with van der Waals surface area (Å²) in [5, 5.41) is 22.0. The van der Waals surface area contributed by atoms with E-state index < -0.39 is 0 Å². The highest BCUT2D eigenvalue weighted by Crippen LogP contribution is 2.47. The van der Waals surface area contributed by atoms with Crippen LogP contribution in [0.5, 0.6) is 23.0 Å². The molecule has 118 valence electrons. The second-order valence-electron chi connectivity index (χ2n) is 5.36. The van der Waals surface area contributed by atoms with Crippen molar-refractivity contribution in [2.24, 2.45) is 0 Å². The summed E-state index contributed by atoms with van der Waals surface area (Å²) < 4.78 is 11.0. The molecule has 0 bridgehead atoms. The minimum absolute atomic E-state index is 0.0668. The van der Waals surface area contributed by atoms with Gasteiger partial charge in [0.2, 0.25) is 0 Å². The zero-order chi connectivity index (χ0) is 16.6. The van der Waals surface area contributed by atoms with Crippen LogP contribution in [0.25, 0.3) is 21.9 Å². The van der Waals surface area contributed by atoms with Gasteiger partial charge in [-0.05, 0) is 47.5 Å². The van der Waals surface area contributed by atoms with Crippen LogP contribution >= 0.6 is 0 Å². The lowest BCUT2D eigenvalue weighted by Gasteiger charge is -2.18. The van der Waals surface area contributed by atoms with E-state index in [0.717, 1.165) is 16.3 Å². The molecule has 0 amide bonds. The van der Waals surface area contributed by atoms with Gasteiger partial charge < -0.3 is 19.7 Å². The summed E-state index contributed by atoms with van der Waals surface area (Å²) >= 11 is 0. The molecule has 0 atom stereocenters. The van der Waals surface area contributed by atoms with Crippen molar-refractivity contribution in [3.8, 4) is 34.1 Å². The Labute approximate surface area is 134 Å². The van der Waals surface area contributed by atoms with Gasteiger partial charge in [-0.2, -0.15) is 0 Å². The molecule has 3 rings (SSSR count). The van der Waals surface area contributed by atoms with Crippen molar-refractivity contribution >= 4 is 10.8 Å². The number of hydrogen-bond donors (Lipinski definition) is 2. The fourth-order valence-corrected chi connectivity index (χ4v) is 2.88. The van der Waals surface area contributed by atoms with Gasteiger partial charge in [0.05, 0.1) is 14.2 Å². The second kappa shape index (κ2) is 5.72. The first-order valence-electron chi connectivity index (χ1n) is 7.23. The average Bonchev–Trinajstić information content (AvgIpc) is 2.56. The maximum Gasteiger partial charge on any atom is 0.169 e. The molecule has 4 nitrogen and oxygen atoms in total. The fraction of sp³-hybridized carbons (Fsp3) is 0.158. The van der Waals surface area contributed by atoms with E-state index in [-0.39, 0.29) is 11.5 Å². The van der Waals surface area contributed by atoms with Gasteiger partial charge in [0, 0.05) is 11.1 Å². The molecule has 3 aromatic carbocycles. The Hall–Kier alpha value is -2.88. The quantitative estimate of drug-likeness (QED) is 0.710. The van der Waals surface area contributed by atoms with Crippen LogP contribution in [0.4, 0.5) is 0 Å². The summed E-state index contributed by atoms with van der Waals surface area (Å²) in [6.45, 7) is 2.01. The fourth-order valence-electron chi connectivity index (χ4n) is 2.88. The average molecular weight is 310 g/mol. The first kappa shape index (κ1) is 15.0. The highest BCUT2D eigenvalue weighted by Gasteiger charge is 2.20. The number of phenolic OH excluding ortho intramolecular Hbond substituents is 2. The number of aromatic hydroxyl groups is 2. The summed E-state index contributed by atoms with van der Waals surface area (Å²) in [5.74, 6) is 1.24. The topological polar surface area (TPSA) is 58.9 Å². The van der Waals surface area contributed by atoms with E-state index in [9.17, 15) is 10.2 Å². The third kappa shape index (κ3) is 2.42. The zero-order valence-corrected chi connectivity index (χ0v) is 13.3. The third-order valence-corrected chi connectivity index (χ3v) is 3.99. The highest BCUT2D eigenvalue weighted by atomic mass is 16.5. The van der Waals surface area contributed by atoms with E-state index >= 15 is 0 Å². The van der Waals surface area contributed by atoms with E-state index in [0.29, 0.717) is 22.6 Å². The van der Waals surface area contributed by atoms with Crippen molar-refractivity contribution in [1.29, 1.82) is 0 Å². The predicted molar refractivity (Wildman–Crippen MR) is 90.6 cm³/mol. The number of hydrogen-bond acceptors (Lipinski definition) is 4. The number of methoxy groups -OCH3 is 2. The summed E-state index contributed by atoms with van der Waals surface area (Å²) in [6, 6.07) is 12.3. The van der Waals surface area contributed by atoms with Crippen LogP contribution in [-0.4, -0.2) is 24.4 Å². The first-order chi connectivity index (χ1) is 11.1. The van der Waals surface area contributed by atoms with Gasteiger partial charge >= 0.3 is 0 Å². The molecule has 2 N–H and O–H groups in total. The number of fused-ring (bicyclic) bond motifs is 1. The lowest BCUT2D eigenvalue weighted by Crippen LogP contribution is -1.96. The Bertz CT molecular complexity index is 884. The molecular formula is C19H18O4. The molecule has 0 radical (unpaired) electrons. The summed E-state index contributed by atoms with van der Waals surface area (Å²) in [7, 11) is 3.14. The molecule has 0 aliphatic rings. The molecule has 0 saturated carbocycles. The first-order valence-corrected chi connectivity index (χ1v) is 7.23. The zero-order valence-electron chi connectivity index (χ0n) is 13.3. The third-order valence-electron chi connectivity index (χ3n) is 3.99. The van der Waals surface area contributed by atoms with E-state index in [1.807, 2.05) is 31.2 Å². The van der Waals surface area contributed by atoms with Crippen LogP contribution in [0.2, 0.25) is 0 Å². The molecule has 0 unspecified atom stereocenters. The largest absolute Gasteiger partial charge is 0.508 e. The van der Waals surface area contributed by atoms with Crippen LogP contribution in [0.15, 0.2) is 42.5 Å². The van der Waals surface area contributed by atoms with Crippen LogP contribution < -0.4 is 9.47 Å². The van der Waals surface area contributed by atoms with Gasteiger partial charge in [0.25, 0.3) is 0 Å². The Morgan fingerprint density at radius 2 is 1.65 bits per heavy atom. The van der Waals surface area contributed by atoms with Crippen molar-refractivity contribution in [2.75, 3.05) is 14.2 Å². The van der Waals surface area contributed by atoms with E-state index in [4.69, 9.17) is 9.47 Å². The molecule has 3 aromatic rings. The van der Waals surface area contributed by atoms with Crippen LogP contribution in [0.1, 0.15) is 5.56 Å². The van der Waals surface area contributed by atoms with Crippen molar-refractivity contribution in [2.45, 2.75) is 6.92 Å². The van der Waals surface area contributed by atoms with Crippen LogP contribution in [0, 0.1) is 6.92 Å². The van der Waals surface area contributed by atoms with E-state index in [1.54, 1.807) is 14.2 Å². The van der Waals surface area contributed by atoms with Crippen molar-refractivity contribution in [3.05, 3.63) is 48.0 Å². The number of rotatable bonds is 3. The number of ether oxygens (including phenoxy) is 2. The molecule has 0 aliphatic heterocycles. The second-order valence-corrected chi connectivity index (χ2v) is 5.36. The van der Waals surface area contributed by atoms with Gasteiger partial charge in [-0.15, -0.1) is 0 Å². The SMILES string of the molecule is COc1cc2c(C)cccc2c(-c2cc(O)ccc2O)c1OC. The molecule has 0 saturated heterocycles. The van der Waals surface area contributed by atoms with Crippen LogP contribution in [0.3, 0.4) is 0 Å². The number of phenols is 2. The predicted octanol–water partition coefficient (Wildman–Crippen LogP) is 4.24. The molecular weight excluding hydrogens is 292 g/mol. The smallest absolute Gasteiger partial charge is 0.169 e. The molecule has 0 aliphatic carbocycles. The molecule has 0 heterocycles. The lowest BCUT2D eigenvalue weighted by atomic mass is 9.93. The van der Waals surface area contributed by atoms with Gasteiger partial charge in [0.15, 0.2) is 11.5 Å². The van der Waals surface area contributed by atoms with Gasteiger partial charge in [-0.3, -0.25) is 0 Å². The Kier molecular flexibility index (Phi) is 3.74. The Balaban J connectivity index is 2.51. The van der Waals surface area contributed by atoms with Crippen molar-refractivity contribution < 1.29 is 19.7 Å². The normalized spacial score (nSPS) is 10.7. The highest BCUT2D eigenvalue weighted by molar-refractivity contribution is 6.04. The van der Waals surface area contributed by atoms with Crippen LogP contribution in [-0.2, 0) is 0 Å². The number of benzene rings is 3. The Morgan fingerprint density at radius 1 is 0.870 bits per heavy atom. The summed E-state index contributed by atoms with van der Waals surface area (Å²) in [4.78, 5) is 0. The minimum Gasteiger partial charge on any atom is -0.508 e. The van der Waals surface area contributed by atoms with Gasteiger partial charge in [-0.25, -0.2) is 0 Å². The Morgan fingerprint density at radius 3 is 2.35 bits per heavy atom. The summed E-state index contributed by atoms with van der Waals surface area (Å²) in [5.41, 5.74) is 2.28. The van der Waals surface area contributed by atoms with Crippen molar-refractivity contribution in [3.63, 3.8) is 0 Å². The van der Waals surface area contributed by atoms with E-state index in [2.05, 4.69) is 0 Å². The monoisotopic (exact) mass is 310 g/mol. The van der Waals surface area contributed by atoms with E-state index in [1.165, 1.54) is 18.2 Å². The van der Waals surface area contributed by atoms with Gasteiger partial charge in [-0.1, -0.05) is 18.2 Å². The van der Waals surface area contributed by atoms with Gasteiger partial charge in [0.1, 0.15) is 11.5 Å². The van der Waals surface area contributed by atoms with Crippen molar-refractivity contribution in [1.82, 2.24) is 0 Å². The number of aryl methyl sites for hydroxylation is 1. The molecule has 0 aromatic heterocycles. The molecule has 0 spiro atoms. The summed E-state index contributed by atoms with van der Waals surface area (Å²) in [6.07, 6.45) is 0. The molecule has 0 fully saturated rings. The standard InChI is InChI=1S/C19H18O4/c1-11-5-4-6-13-14(11)10-17(22-2)19(23-3)18(13)15-9-12(20)7-8-16(15)21/h4-10,20-21H,1-3H3. The molecule has 23 heavy (non-hydrogen) atoms. The lowest BCUT2D eigenvalue weighted by molar-refractivity contribution is 0.356. The molecule has 4 heteroatoms. The minimum atomic E-state index is 0.0668.